The Balaban J connectivity index is 2.31. The third kappa shape index (κ3) is 3.65. The minimum Gasteiger partial charge on any atom is -0.368 e. The number of nitrogens with zero attached hydrogens (tertiary/aromatic N) is 3. The highest BCUT2D eigenvalue weighted by Gasteiger charge is 2.17. The highest BCUT2D eigenvalue weighted by molar-refractivity contribution is 5.49. The third-order valence-electron chi connectivity index (χ3n) is 3.02. The van der Waals surface area contributed by atoms with Crippen LogP contribution in [0, 0.1) is 11.6 Å². The maximum Gasteiger partial charge on any atom is 0.168 e. The number of hydrogen-bond donors (Lipinski definition) is 1. The number of pyridine rings is 2. The number of rotatable bonds is 6. The smallest absolute Gasteiger partial charge is 0.168 e. The van der Waals surface area contributed by atoms with Crippen LogP contribution >= 0.6 is 0 Å². The minimum absolute atomic E-state index is 0.0633. The van der Waals surface area contributed by atoms with Crippen LogP contribution < -0.4 is 10.2 Å². The SMILES string of the molecule is CCNc1nc(N(CC)Cc2ccccn2)c(F)cc1F. The summed E-state index contributed by atoms with van der Waals surface area (Å²) in [4.78, 5) is 10.0. The number of halogens is 2. The molecule has 0 aliphatic rings. The van der Waals surface area contributed by atoms with Crippen molar-refractivity contribution >= 4 is 11.6 Å². The van der Waals surface area contributed by atoms with Crippen LogP contribution in [0.1, 0.15) is 19.5 Å². The molecule has 0 fully saturated rings. The van der Waals surface area contributed by atoms with Crippen LogP contribution in [-0.4, -0.2) is 23.1 Å². The van der Waals surface area contributed by atoms with Gasteiger partial charge in [0.05, 0.1) is 12.2 Å². The molecule has 21 heavy (non-hydrogen) atoms. The molecule has 1 N–H and O–H groups in total. The van der Waals surface area contributed by atoms with Crippen LogP contribution in [0.4, 0.5) is 20.4 Å². The maximum absolute atomic E-state index is 14.0. The van der Waals surface area contributed by atoms with Gasteiger partial charge >= 0.3 is 0 Å². The van der Waals surface area contributed by atoms with E-state index in [-0.39, 0.29) is 11.6 Å². The van der Waals surface area contributed by atoms with E-state index in [9.17, 15) is 8.78 Å². The van der Waals surface area contributed by atoms with Crippen LogP contribution in [-0.2, 0) is 6.54 Å². The summed E-state index contributed by atoms with van der Waals surface area (Å²) in [6.07, 6.45) is 1.68. The van der Waals surface area contributed by atoms with Gasteiger partial charge in [-0.2, -0.15) is 0 Å². The lowest BCUT2D eigenvalue weighted by Gasteiger charge is -2.22. The Hall–Kier alpha value is -2.24. The second-order valence-electron chi connectivity index (χ2n) is 4.49. The van der Waals surface area contributed by atoms with Crippen LogP contribution in [0.5, 0.6) is 0 Å². The second kappa shape index (κ2) is 6.97. The molecular formula is C15H18F2N4. The van der Waals surface area contributed by atoms with Crippen molar-refractivity contribution in [1.29, 1.82) is 0 Å². The molecule has 0 spiro atoms. The van der Waals surface area contributed by atoms with Crippen molar-refractivity contribution < 1.29 is 8.78 Å². The lowest BCUT2D eigenvalue weighted by Crippen LogP contribution is -2.25. The maximum atomic E-state index is 14.0. The van der Waals surface area contributed by atoms with Crippen molar-refractivity contribution in [2.24, 2.45) is 0 Å². The Morgan fingerprint density at radius 1 is 1.19 bits per heavy atom. The van der Waals surface area contributed by atoms with Crippen LogP contribution in [0.3, 0.4) is 0 Å². The predicted octanol–water partition coefficient (Wildman–Crippen LogP) is 3.21. The highest BCUT2D eigenvalue weighted by Crippen LogP contribution is 2.23. The van der Waals surface area contributed by atoms with E-state index in [4.69, 9.17) is 0 Å². The van der Waals surface area contributed by atoms with Gasteiger partial charge in [-0.05, 0) is 26.0 Å². The molecule has 112 valence electrons. The number of aromatic nitrogens is 2. The molecule has 0 radical (unpaired) electrons. The average molecular weight is 292 g/mol. The molecule has 0 saturated carbocycles. The Bertz CT molecular complexity index is 590. The molecule has 2 aromatic rings. The summed E-state index contributed by atoms with van der Waals surface area (Å²) < 4.78 is 27.6. The average Bonchev–Trinajstić information content (AvgIpc) is 2.49. The van der Waals surface area contributed by atoms with E-state index >= 15 is 0 Å². The molecule has 0 atom stereocenters. The van der Waals surface area contributed by atoms with E-state index in [1.54, 1.807) is 11.1 Å². The zero-order valence-electron chi connectivity index (χ0n) is 12.1. The molecule has 6 heteroatoms. The van der Waals surface area contributed by atoms with Crippen molar-refractivity contribution in [2.45, 2.75) is 20.4 Å². The van der Waals surface area contributed by atoms with Gasteiger partial charge in [-0.25, -0.2) is 13.8 Å². The first-order valence-electron chi connectivity index (χ1n) is 6.90. The largest absolute Gasteiger partial charge is 0.368 e. The zero-order valence-corrected chi connectivity index (χ0v) is 12.1. The molecule has 0 aliphatic heterocycles. The van der Waals surface area contributed by atoms with E-state index in [0.717, 1.165) is 11.8 Å². The number of nitrogens with one attached hydrogen (secondary N) is 1. The van der Waals surface area contributed by atoms with Crippen LogP contribution in [0.15, 0.2) is 30.5 Å². The van der Waals surface area contributed by atoms with Gasteiger partial charge in [0.1, 0.15) is 0 Å². The van der Waals surface area contributed by atoms with E-state index in [2.05, 4.69) is 15.3 Å². The van der Waals surface area contributed by atoms with Gasteiger partial charge in [-0.3, -0.25) is 4.98 Å². The van der Waals surface area contributed by atoms with Crippen LogP contribution in [0.25, 0.3) is 0 Å². The van der Waals surface area contributed by atoms with Gasteiger partial charge in [0.2, 0.25) is 0 Å². The first-order chi connectivity index (χ1) is 10.2. The lowest BCUT2D eigenvalue weighted by molar-refractivity contribution is 0.569. The fourth-order valence-corrected chi connectivity index (χ4v) is 1.99. The van der Waals surface area contributed by atoms with E-state index < -0.39 is 11.6 Å². The van der Waals surface area contributed by atoms with Crippen molar-refractivity contribution in [3.63, 3.8) is 0 Å². The number of anilines is 2. The van der Waals surface area contributed by atoms with Crippen molar-refractivity contribution in [1.82, 2.24) is 9.97 Å². The fourth-order valence-electron chi connectivity index (χ4n) is 1.99. The van der Waals surface area contributed by atoms with Gasteiger partial charge < -0.3 is 10.2 Å². The zero-order chi connectivity index (χ0) is 15.2. The molecule has 2 heterocycles. The third-order valence-corrected chi connectivity index (χ3v) is 3.02. The molecule has 0 amide bonds. The summed E-state index contributed by atoms with van der Waals surface area (Å²) in [6.45, 7) is 5.19. The molecule has 0 aromatic carbocycles. The molecular weight excluding hydrogens is 274 g/mol. The molecule has 0 bridgehead atoms. The Morgan fingerprint density at radius 2 is 2.00 bits per heavy atom. The van der Waals surface area contributed by atoms with Crippen molar-refractivity contribution in [3.05, 3.63) is 47.8 Å². The highest BCUT2D eigenvalue weighted by atomic mass is 19.1. The van der Waals surface area contributed by atoms with Gasteiger partial charge in [0.25, 0.3) is 0 Å². The first-order valence-corrected chi connectivity index (χ1v) is 6.90. The number of hydrogen-bond acceptors (Lipinski definition) is 4. The summed E-state index contributed by atoms with van der Waals surface area (Å²) in [5.41, 5.74) is 0.801. The minimum atomic E-state index is -0.688. The van der Waals surface area contributed by atoms with Crippen molar-refractivity contribution in [3.8, 4) is 0 Å². The Kier molecular flexibility index (Phi) is 5.03. The molecule has 4 nitrogen and oxygen atoms in total. The quantitative estimate of drug-likeness (QED) is 0.887. The molecule has 0 saturated heterocycles. The van der Waals surface area contributed by atoms with Gasteiger partial charge in [0.15, 0.2) is 23.3 Å². The monoisotopic (exact) mass is 292 g/mol. The van der Waals surface area contributed by atoms with Gasteiger partial charge in [-0.1, -0.05) is 6.07 Å². The van der Waals surface area contributed by atoms with E-state index in [1.165, 1.54) is 0 Å². The normalized spacial score (nSPS) is 10.5. The molecule has 0 unspecified atom stereocenters. The summed E-state index contributed by atoms with van der Waals surface area (Å²) in [7, 11) is 0. The summed E-state index contributed by atoms with van der Waals surface area (Å²) >= 11 is 0. The van der Waals surface area contributed by atoms with E-state index in [1.807, 2.05) is 32.0 Å². The topological polar surface area (TPSA) is 41.1 Å². The van der Waals surface area contributed by atoms with Gasteiger partial charge in [-0.15, -0.1) is 0 Å². The predicted molar refractivity (Wildman–Crippen MR) is 79.3 cm³/mol. The van der Waals surface area contributed by atoms with Crippen molar-refractivity contribution in [2.75, 3.05) is 23.3 Å². The molecule has 0 aliphatic carbocycles. The van der Waals surface area contributed by atoms with Gasteiger partial charge in [0, 0.05) is 25.4 Å². The summed E-state index contributed by atoms with van der Waals surface area (Å²) in [6, 6.07) is 6.41. The first kappa shape index (κ1) is 15.2. The van der Waals surface area contributed by atoms with Crippen LogP contribution in [0.2, 0.25) is 0 Å². The van der Waals surface area contributed by atoms with E-state index in [0.29, 0.717) is 19.6 Å². The molecule has 2 aromatic heterocycles. The summed E-state index contributed by atoms with van der Waals surface area (Å²) in [5.74, 6) is -1.17. The lowest BCUT2D eigenvalue weighted by atomic mass is 10.3. The Morgan fingerprint density at radius 3 is 2.62 bits per heavy atom. The molecule has 2 rings (SSSR count). The fraction of sp³-hybridized carbons (Fsp3) is 0.333. The summed E-state index contributed by atoms with van der Waals surface area (Å²) in [5, 5.41) is 2.79. The Labute approximate surface area is 122 Å². The second-order valence-corrected chi connectivity index (χ2v) is 4.49. The standard InChI is InChI=1S/C15H18F2N4/c1-3-18-14-12(16)9-13(17)15(20-14)21(4-2)10-11-7-5-6-8-19-11/h5-9H,3-4,10H2,1-2H3,(H,18,20).